The Morgan fingerprint density at radius 2 is 1.68 bits per heavy atom. The van der Waals surface area contributed by atoms with Gasteiger partial charge in [-0.05, 0) is 74.2 Å². The summed E-state index contributed by atoms with van der Waals surface area (Å²) in [5.41, 5.74) is 3.89. The number of ether oxygens (including phenoxy) is 1. The van der Waals surface area contributed by atoms with Crippen LogP contribution in [-0.2, 0) is 16.0 Å². The fraction of sp³-hybridized carbons (Fsp3) is 0.241. The molecule has 1 unspecified atom stereocenters. The van der Waals surface area contributed by atoms with Crippen LogP contribution < -0.4 is 9.64 Å². The number of carbonyl (C=O) groups is 2. The zero-order valence-electron chi connectivity index (χ0n) is 19.9. The highest BCUT2D eigenvalue weighted by atomic mass is 16.5. The van der Waals surface area contributed by atoms with E-state index in [1.165, 1.54) is 4.90 Å². The minimum absolute atomic E-state index is 0.0143. The van der Waals surface area contributed by atoms with Crippen molar-refractivity contribution in [2.75, 3.05) is 4.90 Å². The van der Waals surface area contributed by atoms with Crippen LogP contribution in [0.1, 0.15) is 49.1 Å². The third-order valence-electron chi connectivity index (χ3n) is 5.99. The van der Waals surface area contributed by atoms with Crippen molar-refractivity contribution in [2.45, 2.75) is 46.3 Å². The quantitative estimate of drug-likeness (QED) is 0.282. The van der Waals surface area contributed by atoms with Crippen molar-refractivity contribution in [1.82, 2.24) is 0 Å². The van der Waals surface area contributed by atoms with Crippen molar-refractivity contribution in [3.8, 4) is 5.75 Å². The largest absolute Gasteiger partial charge is 0.507 e. The van der Waals surface area contributed by atoms with Gasteiger partial charge in [0.05, 0.1) is 17.7 Å². The van der Waals surface area contributed by atoms with Crippen LogP contribution >= 0.6 is 0 Å². The Hall–Kier alpha value is -3.86. The van der Waals surface area contributed by atoms with Crippen molar-refractivity contribution in [2.24, 2.45) is 0 Å². The number of carbonyl (C=O) groups excluding carboxylic acids is 2. The standard InChI is InChI=1S/C29H29NO4/c1-5-20-11-13-21(14-12-20)26-25(28(32)29(33)30(26)23-9-7-6-8-10-23)27(31)22-15-16-24(19(4)17-22)34-18(2)3/h6-18,26,31H,5H2,1-4H3/b27-25-. The summed E-state index contributed by atoms with van der Waals surface area (Å²) in [4.78, 5) is 28.0. The van der Waals surface area contributed by atoms with Gasteiger partial charge in [0.15, 0.2) is 0 Å². The summed E-state index contributed by atoms with van der Waals surface area (Å²) in [7, 11) is 0. The molecule has 4 rings (SSSR count). The molecular weight excluding hydrogens is 426 g/mol. The summed E-state index contributed by atoms with van der Waals surface area (Å²) in [6, 6.07) is 21.4. The molecule has 0 saturated carbocycles. The lowest BCUT2D eigenvalue weighted by Crippen LogP contribution is -2.29. The van der Waals surface area contributed by atoms with E-state index in [1.54, 1.807) is 30.3 Å². The zero-order chi connectivity index (χ0) is 24.4. The number of rotatable bonds is 6. The number of anilines is 1. The van der Waals surface area contributed by atoms with E-state index < -0.39 is 17.7 Å². The molecule has 3 aromatic carbocycles. The predicted molar refractivity (Wildman–Crippen MR) is 134 cm³/mol. The van der Waals surface area contributed by atoms with Crippen LogP contribution in [0.2, 0.25) is 0 Å². The van der Waals surface area contributed by atoms with Gasteiger partial charge in [0.1, 0.15) is 11.5 Å². The molecule has 0 aliphatic carbocycles. The summed E-state index contributed by atoms with van der Waals surface area (Å²) in [6.07, 6.45) is 0.892. The van der Waals surface area contributed by atoms with Gasteiger partial charge < -0.3 is 9.84 Å². The Morgan fingerprint density at radius 3 is 2.26 bits per heavy atom. The number of benzene rings is 3. The lowest BCUT2D eigenvalue weighted by Gasteiger charge is -2.25. The average Bonchev–Trinajstić information content (AvgIpc) is 3.10. The van der Waals surface area contributed by atoms with Gasteiger partial charge in [0, 0.05) is 11.3 Å². The van der Waals surface area contributed by atoms with Crippen molar-refractivity contribution in [3.63, 3.8) is 0 Å². The zero-order valence-corrected chi connectivity index (χ0v) is 19.9. The minimum atomic E-state index is -0.736. The van der Waals surface area contributed by atoms with Crippen molar-refractivity contribution in [3.05, 3.63) is 101 Å². The van der Waals surface area contributed by atoms with Gasteiger partial charge in [-0.15, -0.1) is 0 Å². The predicted octanol–water partition coefficient (Wildman–Crippen LogP) is 5.97. The second-order valence-corrected chi connectivity index (χ2v) is 8.75. The molecule has 1 saturated heterocycles. The fourth-order valence-electron chi connectivity index (χ4n) is 4.28. The molecule has 34 heavy (non-hydrogen) atoms. The molecule has 0 spiro atoms. The highest BCUT2D eigenvalue weighted by Gasteiger charge is 2.46. The third kappa shape index (κ3) is 4.34. The van der Waals surface area contributed by atoms with Crippen LogP contribution in [0.3, 0.4) is 0 Å². The number of aliphatic hydroxyl groups is 1. The Balaban J connectivity index is 1.88. The molecule has 1 heterocycles. The summed E-state index contributed by atoms with van der Waals surface area (Å²) in [5.74, 6) is -0.844. The first-order valence-corrected chi connectivity index (χ1v) is 11.5. The first-order valence-electron chi connectivity index (χ1n) is 11.5. The number of ketones is 1. The first-order chi connectivity index (χ1) is 16.3. The molecule has 1 atom stereocenters. The summed E-state index contributed by atoms with van der Waals surface area (Å²) < 4.78 is 5.80. The molecule has 1 fully saturated rings. The van der Waals surface area contributed by atoms with Crippen molar-refractivity contribution >= 4 is 23.1 Å². The first kappa shape index (κ1) is 23.3. The van der Waals surface area contributed by atoms with Crippen LogP contribution in [-0.4, -0.2) is 22.9 Å². The molecule has 0 radical (unpaired) electrons. The maximum absolute atomic E-state index is 13.3. The van der Waals surface area contributed by atoms with Gasteiger partial charge in [0.2, 0.25) is 0 Å². The SMILES string of the molecule is CCc1ccc(C2/C(=C(/O)c3ccc(OC(C)C)c(C)c3)C(=O)C(=O)N2c2ccccc2)cc1. The average molecular weight is 456 g/mol. The molecule has 1 aliphatic heterocycles. The second-order valence-electron chi connectivity index (χ2n) is 8.75. The van der Waals surface area contributed by atoms with Gasteiger partial charge in [0.25, 0.3) is 11.7 Å². The van der Waals surface area contributed by atoms with E-state index in [2.05, 4.69) is 6.92 Å². The number of nitrogens with zero attached hydrogens (tertiary/aromatic N) is 1. The van der Waals surface area contributed by atoms with Gasteiger partial charge >= 0.3 is 0 Å². The summed E-state index contributed by atoms with van der Waals surface area (Å²) in [5, 5.41) is 11.3. The molecule has 0 aromatic heterocycles. The smallest absolute Gasteiger partial charge is 0.300 e. The van der Waals surface area contributed by atoms with E-state index in [1.807, 2.05) is 63.2 Å². The van der Waals surface area contributed by atoms with Gasteiger partial charge in [-0.3, -0.25) is 14.5 Å². The van der Waals surface area contributed by atoms with Crippen LogP contribution in [0.25, 0.3) is 5.76 Å². The van der Waals surface area contributed by atoms with E-state index in [0.29, 0.717) is 17.0 Å². The third-order valence-corrected chi connectivity index (χ3v) is 5.99. The molecular formula is C29H29NO4. The molecule has 5 heteroatoms. The minimum Gasteiger partial charge on any atom is -0.507 e. The number of Topliss-reactive ketones (excluding diaryl/α,β-unsaturated/α-hetero) is 1. The molecule has 174 valence electrons. The van der Waals surface area contributed by atoms with Crippen LogP contribution in [0, 0.1) is 6.92 Å². The molecule has 1 N–H and O–H groups in total. The van der Waals surface area contributed by atoms with E-state index in [0.717, 1.165) is 23.1 Å². The van der Waals surface area contributed by atoms with Crippen LogP contribution in [0.15, 0.2) is 78.4 Å². The summed E-state index contributed by atoms with van der Waals surface area (Å²) >= 11 is 0. The van der Waals surface area contributed by atoms with E-state index in [9.17, 15) is 14.7 Å². The van der Waals surface area contributed by atoms with E-state index in [-0.39, 0.29) is 17.4 Å². The highest BCUT2D eigenvalue weighted by Crippen LogP contribution is 2.42. The van der Waals surface area contributed by atoms with Crippen LogP contribution in [0.5, 0.6) is 5.75 Å². The number of aliphatic hydroxyl groups excluding tert-OH is 1. The maximum atomic E-state index is 13.3. The maximum Gasteiger partial charge on any atom is 0.300 e. The molecule has 5 nitrogen and oxygen atoms in total. The number of aryl methyl sites for hydroxylation is 2. The van der Waals surface area contributed by atoms with Gasteiger partial charge in [-0.1, -0.05) is 49.4 Å². The van der Waals surface area contributed by atoms with E-state index >= 15 is 0 Å². The van der Waals surface area contributed by atoms with Gasteiger partial charge in [-0.2, -0.15) is 0 Å². The molecule has 1 amide bonds. The number of para-hydroxylation sites is 1. The highest BCUT2D eigenvalue weighted by molar-refractivity contribution is 6.51. The summed E-state index contributed by atoms with van der Waals surface area (Å²) in [6.45, 7) is 7.85. The van der Waals surface area contributed by atoms with Crippen LogP contribution in [0.4, 0.5) is 5.69 Å². The monoisotopic (exact) mass is 455 g/mol. The molecule has 1 aliphatic rings. The Bertz CT molecular complexity index is 1240. The number of amides is 1. The normalized spacial score (nSPS) is 17.4. The Kier molecular flexibility index (Phi) is 6.55. The van der Waals surface area contributed by atoms with Crippen molar-refractivity contribution < 1.29 is 19.4 Å². The van der Waals surface area contributed by atoms with Crippen molar-refractivity contribution in [1.29, 1.82) is 0 Å². The molecule has 0 bridgehead atoms. The number of hydrogen-bond donors (Lipinski definition) is 1. The second kappa shape index (κ2) is 9.56. The topological polar surface area (TPSA) is 66.8 Å². The fourth-order valence-corrected chi connectivity index (χ4v) is 4.28. The lowest BCUT2D eigenvalue weighted by molar-refractivity contribution is -0.132. The Morgan fingerprint density at radius 1 is 1.00 bits per heavy atom. The van der Waals surface area contributed by atoms with Gasteiger partial charge in [-0.25, -0.2) is 0 Å². The lowest BCUT2D eigenvalue weighted by atomic mass is 9.94. The Labute approximate surface area is 200 Å². The van der Waals surface area contributed by atoms with E-state index in [4.69, 9.17) is 4.74 Å². The molecule has 3 aromatic rings. The number of hydrogen-bond acceptors (Lipinski definition) is 4.